The zero-order valence-electron chi connectivity index (χ0n) is 11.0. The van der Waals surface area contributed by atoms with Crippen molar-refractivity contribution in [2.75, 3.05) is 0 Å². The van der Waals surface area contributed by atoms with Crippen molar-refractivity contribution in [3.8, 4) is 5.75 Å². The zero-order valence-corrected chi connectivity index (χ0v) is 12.5. The number of hydrogen-bond donors (Lipinski definition) is 1. The molecule has 0 amide bonds. The molecule has 0 unspecified atom stereocenters. The number of nitro groups is 1. The van der Waals surface area contributed by atoms with Crippen LogP contribution in [0.15, 0.2) is 42.5 Å². The van der Waals surface area contributed by atoms with Crippen LogP contribution in [0.5, 0.6) is 5.75 Å². The zero-order chi connectivity index (χ0) is 16.3. The van der Waals surface area contributed by atoms with Gasteiger partial charge >= 0.3 is 5.69 Å². The molecule has 0 aliphatic heterocycles. The molecule has 0 spiro atoms. The average molecular weight is 338 g/mol. The first-order valence-electron chi connectivity index (χ1n) is 6.03. The van der Waals surface area contributed by atoms with Crippen molar-refractivity contribution in [1.29, 1.82) is 0 Å². The van der Waals surface area contributed by atoms with E-state index in [1.165, 1.54) is 42.5 Å². The summed E-state index contributed by atoms with van der Waals surface area (Å²) < 4.78 is 0. The standard InChI is InChI=1S/C15H9Cl2NO4/c16-10-3-4-11(12(17)8-10)14(19)5-1-9-2-6-15(20)13(7-9)18(21)22/h1-8,20H. The molecule has 22 heavy (non-hydrogen) atoms. The van der Waals surface area contributed by atoms with Gasteiger partial charge in [0.15, 0.2) is 11.5 Å². The van der Waals surface area contributed by atoms with Crippen LogP contribution >= 0.6 is 23.2 Å². The molecule has 0 atom stereocenters. The van der Waals surface area contributed by atoms with E-state index < -0.39 is 16.4 Å². The Hall–Kier alpha value is -2.37. The molecular weight excluding hydrogens is 329 g/mol. The maximum atomic E-state index is 12.0. The molecule has 7 heteroatoms. The van der Waals surface area contributed by atoms with Gasteiger partial charge in [-0.15, -0.1) is 0 Å². The molecule has 0 radical (unpaired) electrons. The Labute approximate surface area is 135 Å². The second kappa shape index (κ2) is 6.60. The maximum Gasteiger partial charge on any atom is 0.311 e. The third kappa shape index (κ3) is 3.63. The smallest absolute Gasteiger partial charge is 0.311 e. The lowest BCUT2D eigenvalue weighted by atomic mass is 10.1. The van der Waals surface area contributed by atoms with Gasteiger partial charge in [0.2, 0.25) is 0 Å². The molecule has 0 saturated heterocycles. The van der Waals surface area contributed by atoms with Crippen molar-refractivity contribution >= 4 is 40.7 Å². The molecule has 0 aliphatic rings. The molecule has 2 aromatic rings. The minimum absolute atomic E-state index is 0.221. The fourth-order valence-electron chi connectivity index (χ4n) is 1.74. The van der Waals surface area contributed by atoms with Crippen molar-refractivity contribution in [3.63, 3.8) is 0 Å². The summed E-state index contributed by atoms with van der Waals surface area (Å²) in [4.78, 5) is 22.1. The number of ketones is 1. The molecule has 5 nitrogen and oxygen atoms in total. The summed E-state index contributed by atoms with van der Waals surface area (Å²) in [7, 11) is 0. The predicted octanol–water partition coefficient (Wildman–Crippen LogP) is 4.50. The van der Waals surface area contributed by atoms with E-state index in [0.717, 1.165) is 0 Å². The normalized spacial score (nSPS) is 10.8. The van der Waals surface area contributed by atoms with E-state index in [1.807, 2.05) is 0 Å². The van der Waals surface area contributed by atoms with Crippen LogP contribution in [0.2, 0.25) is 10.0 Å². The lowest BCUT2D eigenvalue weighted by molar-refractivity contribution is -0.385. The summed E-state index contributed by atoms with van der Waals surface area (Å²) in [5.41, 5.74) is 0.248. The van der Waals surface area contributed by atoms with E-state index in [9.17, 15) is 20.0 Å². The van der Waals surface area contributed by atoms with Gasteiger partial charge in [0.05, 0.1) is 9.95 Å². The highest BCUT2D eigenvalue weighted by atomic mass is 35.5. The number of rotatable bonds is 4. The van der Waals surface area contributed by atoms with Crippen LogP contribution in [0.3, 0.4) is 0 Å². The molecule has 0 fully saturated rings. The van der Waals surface area contributed by atoms with E-state index in [1.54, 1.807) is 6.07 Å². The Balaban J connectivity index is 2.26. The van der Waals surface area contributed by atoms with E-state index in [4.69, 9.17) is 23.2 Å². The molecule has 2 rings (SSSR count). The molecule has 0 heterocycles. The van der Waals surface area contributed by atoms with Gasteiger partial charge in [-0.1, -0.05) is 35.3 Å². The summed E-state index contributed by atoms with van der Waals surface area (Å²) in [6.45, 7) is 0. The molecule has 112 valence electrons. The number of phenols is 1. The number of phenolic OH excluding ortho intramolecular Hbond substituents is 1. The third-order valence-corrected chi connectivity index (χ3v) is 3.37. The van der Waals surface area contributed by atoms with Gasteiger partial charge in [-0.25, -0.2) is 0 Å². The summed E-state index contributed by atoms with van der Waals surface area (Å²) in [6.07, 6.45) is 2.64. The first-order valence-corrected chi connectivity index (χ1v) is 6.79. The van der Waals surface area contributed by atoms with Crippen molar-refractivity contribution in [1.82, 2.24) is 0 Å². The monoisotopic (exact) mass is 337 g/mol. The Morgan fingerprint density at radius 1 is 1.18 bits per heavy atom. The van der Waals surface area contributed by atoms with Gasteiger partial charge in [-0.05, 0) is 35.9 Å². The lowest BCUT2D eigenvalue weighted by Gasteiger charge is -2.01. The van der Waals surface area contributed by atoms with Crippen LogP contribution in [0, 0.1) is 10.1 Å². The predicted molar refractivity (Wildman–Crippen MR) is 84.6 cm³/mol. The Bertz CT molecular complexity index is 787. The van der Waals surface area contributed by atoms with Crippen molar-refractivity contribution in [2.24, 2.45) is 0 Å². The van der Waals surface area contributed by atoms with Gasteiger partial charge < -0.3 is 5.11 Å². The number of hydrogen-bond acceptors (Lipinski definition) is 4. The largest absolute Gasteiger partial charge is 0.502 e. The number of carbonyl (C=O) groups excluding carboxylic acids is 1. The number of nitro benzene ring substituents is 1. The molecule has 0 bridgehead atoms. The fraction of sp³-hybridized carbons (Fsp3) is 0. The highest BCUT2D eigenvalue weighted by Gasteiger charge is 2.13. The Morgan fingerprint density at radius 2 is 1.91 bits per heavy atom. The lowest BCUT2D eigenvalue weighted by Crippen LogP contribution is -1.95. The Kier molecular flexibility index (Phi) is 4.80. The van der Waals surface area contributed by atoms with Crippen LogP contribution in [-0.2, 0) is 0 Å². The summed E-state index contributed by atoms with van der Waals surface area (Å²) >= 11 is 11.7. The van der Waals surface area contributed by atoms with Gasteiger partial charge in [0.25, 0.3) is 0 Å². The van der Waals surface area contributed by atoms with Gasteiger partial charge in [-0.3, -0.25) is 14.9 Å². The third-order valence-electron chi connectivity index (χ3n) is 2.82. The molecular formula is C15H9Cl2NO4. The van der Waals surface area contributed by atoms with Crippen molar-refractivity contribution < 1.29 is 14.8 Å². The number of benzene rings is 2. The van der Waals surface area contributed by atoms with Crippen molar-refractivity contribution in [2.45, 2.75) is 0 Å². The summed E-state index contributed by atoms with van der Waals surface area (Å²) in [5, 5.41) is 20.7. The molecule has 0 saturated carbocycles. The number of carbonyl (C=O) groups is 1. The van der Waals surface area contributed by atoms with Crippen LogP contribution < -0.4 is 0 Å². The first-order chi connectivity index (χ1) is 10.4. The van der Waals surface area contributed by atoms with Gasteiger partial charge in [0.1, 0.15) is 0 Å². The van der Waals surface area contributed by atoms with E-state index in [2.05, 4.69) is 0 Å². The highest BCUT2D eigenvalue weighted by Crippen LogP contribution is 2.27. The highest BCUT2D eigenvalue weighted by molar-refractivity contribution is 6.37. The number of allylic oxidation sites excluding steroid dienone is 1. The molecule has 0 aromatic heterocycles. The summed E-state index contributed by atoms with van der Waals surface area (Å²) in [5.74, 6) is -0.799. The maximum absolute atomic E-state index is 12.0. The molecule has 1 N–H and O–H groups in total. The number of aromatic hydroxyl groups is 1. The number of nitrogens with zero attached hydrogens (tertiary/aromatic N) is 1. The van der Waals surface area contributed by atoms with Gasteiger partial charge in [-0.2, -0.15) is 0 Å². The molecule has 0 aliphatic carbocycles. The van der Waals surface area contributed by atoms with E-state index in [0.29, 0.717) is 10.6 Å². The fourth-order valence-corrected chi connectivity index (χ4v) is 2.24. The van der Waals surface area contributed by atoms with Gasteiger partial charge in [0, 0.05) is 16.7 Å². The minimum atomic E-state index is -0.704. The van der Waals surface area contributed by atoms with Crippen LogP contribution in [-0.4, -0.2) is 15.8 Å². The second-order valence-corrected chi connectivity index (χ2v) is 5.17. The topological polar surface area (TPSA) is 80.4 Å². The van der Waals surface area contributed by atoms with Crippen molar-refractivity contribution in [3.05, 3.63) is 73.8 Å². The minimum Gasteiger partial charge on any atom is -0.502 e. The van der Waals surface area contributed by atoms with E-state index >= 15 is 0 Å². The van der Waals surface area contributed by atoms with Crippen LogP contribution in [0.25, 0.3) is 6.08 Å². The Morgan fingerprint density at radius 3 is 2.55 bits per heavy atom. The average Bonchev–Trinajstić information content (AvgIpc) is 2.45. The summed E-state index contributed by atoms with van der Waals surface area (Å²) in [6, 6.07) is 8.31. The molecule has 2 aromatic carbocycles. The van der Waals surface area contributed by atoms with Crippen LogP contribution in [0.1, 0.15) is 15.9 Å². The quantitative estimate of drug-likeness (QED) is 0.385. The van der Waals surface area contributed by atoms with E-state index in [-0.39, 0.29) is 16.4 Å². The SMILES string of the molecule is O=C(C=Cc1ccc(O)c([N+](=O)[O-])c1)c1ccc(Cl)cc1Cl. The number of halogens is 2. The van der Waals surface area contributed by atoms with Crippen LogP contribution in [0.4, 0.5) is 5.69 Å². The second-order valence-electron chi connectivity index (χ2n) is 4.33. The first kappa shape index (κ1) is 16.0.